The molecule has 1 aromatic rings. The predicted molar refractivity (Wildman–Crippen MR) is 74.0 cm³/mol. The smallest absolute Gasteiger partial charge is 0.319 e. The van der Waals surface area contributed by atoms with Gasteiger partial charge in [-0.2, -0.15) is 0 Å². The van der Waals surface area contributed by atoms with Crippen molar-refractivity contribution in [2.75, 3.05) is 11.9 Å². The Hall–Kier alpha value is -1.55. The van der Waals surface area contributed by atoms with E-state index in [9.17, 15) is 4.79 Å². The Morgan fingerprint density at radius 3 is 2.56 bits per heavy atom. The topological polar surface area (TPSA) is 61.4 Å². The summed E-state index contributed by atoms with van der Waals surface area (Å²) in [6.45, 7) is 7.83. The lowest BCUT2D eigenvalue weighted by atomic mass is 9.98. The zero-order valence-electron chi connectivity index (χ0n) is 11.4. The number of aliphatic hydroxyl groups excluding tert-OH is 1. The van der Waals surface area contributed by atoms with Crippen molar-refractivity contribution in [2.45, 2.75) is 39.7 Å². The number of hydrogen-bond acceptors (Lipinski definition) is 2. The molecule has 0 heterocycles. The summed E-state index contributed by atoms with van der Waals surface area (Å²) < 4.78 is 0. The van der Waals surface area contributed by atoms with Crippen LogP contribution in [-0.4, -0.2) is 23.8 Å². The third-order valence-electron chi connectivity index (χ3n) is 2.82. The highest BCUT2D eigenvalue weighted by Crippen LogP contribution is 2.27. The van der Waals surface area contributed by atoms with E-state index in [0.717, 1.165) is 16.8 Å². The van der Waals surface area contributed by atoms with Crippen LogP contribution in [0.15, 0.2) is 18.2 Å². The fourth-order valence-electron chi connectivity index (χ4n) is 1.76. The van der Waals surface area contributed by atoms with Gasteiger partial charge in [-0.3, -0.25) is 0 Å². The van der Waals surface area contributed by atoms with E-state index in [2.05, 4.69) is 24.5 Å². The monoisotopic (exact) mass is 250 g/mol. The number of para-hydroxylation sites is 1. The lowest BCUT2D eigenvalue weighted by Gasteiger charge is -2.18. The number of aryl methyl sites for hydroxylation is 1. The molecule has 1 aromatic carbocycles. The van der Waals surface area contributed by atoms with Crippen molar-refractivity contribution in [3.63, 3.8) is 0 Å². The zero-order chi connectivity index (χ0) is 13.7. The molecule has 4 heteroatoms. The van der Waals surface area contributed by atoms with Gasteiger partial charge in [0.1, 0.15) is 0 Å². The lowest BCUT2D eigenvalue weighted by molar-refractivity contribution is 0.229. The van der Waals surface area contributed by atoms with Gasteiger partial charge in [-0.25, -0.2) is 4.79 Å². The Balaban J connectivity index is 2.86. The number of urea groups is 1. The van der Waals surface area contributed by atoms with Gasteiger partial charge >= 0.3 is 6.03 Å². The molecule has 0 fully saturated rings. The number of hydrogen-bond donors (Lipinski definition) is 3. The van der Waals surface area contributed by atoms with Crippen LogP contribution in [0.4, 0.5) is 10.5 Å². The number of carbonyl (C=O) groups is 1. The van der Waals surface area contributed by atoms with E-state index in [0.29, 0.717) is 5.92 Å². The first-order valence-corrected chi connectivity index (χ1v) is 6.23. The van der Waals surface area contributed by atoms with Crippen molar-refractivity contribution in [3.8, 4) is 0 Å². The number of nitrogens with one attached hydrogen (secondary N) is 2. The van der Waals surface area contributed by atoms with Crippen molar-refractivity contribution in [3.05, 3.63) is 29.3 Å². The van der Waals surface area contributed by atoms with Gasteiger partial charge in [0.05, 0.1) is 12.6 Å². The number of amides is 2. The molecule has 0 spiro atoms. The fourth-order valence-corrected chi connectivity index (χ4v) is 1.76. The zero-order valence-corrected chi connectivity index (χ0v) is 11.4. The second-order valence-electron chi connectivity index (χ2n) is 4.88. The number of aliphatic hydroxyl groups is 1. The molecule has 2 amide bonds. The second-order valence-corrected chi connectivity index (χ2v) is 4.88. The fraction of sp³-hybridized carbons (Fsp3) is 0.500. The van der Waals surface area contributed by atoms with Crippen LogP contribution in [-0.2, 0) is 0 Å². The van der Waals surface area contributed by atoms with E-state index in [-0.39, 0.29) is 18.7 Å². The molecule has 1 atom stereocenters. The number of anilines is 1. The molecule has 4 nitrogen and oxygen atoms in total. The van der Waals surface area contributed by atoms with Gasteiger partial charge in [-0.1, -0.05) is 32.0 Å². The first-order chi connectivity index (χ1) is 8.45. The van der Waals surface area contributed by atoms with E-state index in [4.69, 9.17) is 5.11 Å². The third kappa shape index (κ3) is 3.74. The maximum absolute atomic E-state index is 11.8. The van der Waals surface area contributed by atoms with Gasteiger partial charge < -0.3 is 15.7 Å². The average molecular weight is 250 g/mol. The molecule has 0 radical (unpaired) electrons. The molecular formula is C14H22N2O2. The Labute approximate surface area is 108 Å². The molecule has 0 aromatic heterocycles. The maximum Gasteiger partial charge on any atom is 0.319 e. The van der Waals surface area contributed by atoms with Crippen LogP contribution in [0, 0.1) is 6.92 Å². The predicted octanol–water partition coefficient (Wildman–Crippen LogP) is 2.62. The molecule has 0 saturated heterocycles. The largest absolute Gasteiger partial charge is 0.394 e. The third-order valence-corrected chi connectivity index (χ3v) is 2.82. The Morgan fingerprint density at radius 2 is 2.00 bits per heavy atom. The summed E-state index contributed by atoms with van der Waals surface area (Å²) in [5.74, 6) is 0.343. The first kappa shape index (κ1) is 14.5. The number of carbonyl (C=O) groups excluding carboxylic acids is 1. The van der Waals surface area contributed by atoms with E-state index < -0.39 is 0 Å². The summed E-state index contributed by atoms with van der Waals surface area (Å²) in [5.41, 5.74) is 3.00. The van der Waals surface area contributed by atoms with Crippen molar-refractivity contribution < 1.29 is 9.90 Å². The lowest BCUT2D eigenvalue weighted by Crippen LogP contribution is -2.38. The van der Waals surface area contributed by atoms with Crippen LogP contribution in [0.25, 0.3) is 0 Å². The van der Waals surface area contributed by atoms with E-state index in [1.54, 1.807) is 6.92 Å². The summed E-state index contributed by atoms with van der Waals surface area (Å²) in [5, 5.41) is 14.4. The minimum absolute atomic E-state index is 0.0712. The highest BCUT2D eigenvalue weighted by molar-refractivity contribution is 5.91. The van der Waals surface area contributed by atoms with Crippen LogP contribution < -0.4 is 10.6 Å². The van der Waals surface area contributed by atoms with Crippen LogP contribution in [0.3, 0.4) is 0 Å². The first-order valence-electron chi connectivity index (χ1n) is 6.23. The van der Waals surface area contributed by atoms with Crippen molar-refractivity contribution in [1.29, 1.82) is 0 Å². The normalized spacial score (nSPS) is 12.3. The minimum atomic E-state index is -0.284. The van der Waals surface area contributed by atoms with E-state index >= 15 is 0 Å². The van der Waals surface area contributed by atoms with Crippen LogP contribution in [0.1, 0.15) is 37.8 Å². The molecule has 3 N–H and O–H groups in total. The highest BCUT2D eigenvalue weighted by atomic mass is 16.3. The van der Waals surface area contributed by atoms with Gasteiger partial charge in [0, 0.05) is 5.69 Å². The van der Waals surface area contributed by atoms with Crippen LogP contribution in [0.2, 0.25) is 0 Å². The van der Waals surface area contributed by atoms with Gasteiger partial charge in [-0.15, -0.1) is 0 Å². The second kappa shape index (κ2) is 6.40. The van der Waals surface area contributed by atoms with Gasteiger partial charge in [0.15, 0.2) is 0 Å². The molecule has 1 rings (SSSR count). The molecule has 100 valence electrons. The molecule has 0 aliphatic heterocycles. The highest BCUT2D eigenvalue weighted by Gasteiger charge is 2.12. The SMILES string of the molecule is Cc1cccc(C(C)C)c1NC(=O)N[C@@H](C)CO. The molecule has 0 bridgehead atoms. The van der Waals surface area contributed by atoms with Crippen LogP contribution >= 0.6 is 0 Å². The van der Waals surface area contributed by atoms with Gasteiger partial charge in [0.25, 0.3) is 0 Å². The summed E-state index contributed by atoms with van der Waals surface area (Å²) in [7, 11) is 0. The molecule has 0 saturated carbocycles. The van der Waals surface area contributed by atoms with E-state index in [1.165, 1.54) is 0 Å². The standard InChI is InChI=1S/C14H22N2O2/c1-9(2)12-7-5-6-10(3)13(12)16-14(18)15-11(4)8-17/h5-7,9,11,17H,8H2,1-4H3,(H2,15,16,18)/t11-/m0/s1. The summed E-state index contributed by atoms with van der Waals surface area (Å²) in [4.78, 5) is 11.8. The molecule has 18 heavy (non-hydrogen) atoms. The molecular weight excluding hydrogens is 228 g/mol. The van der Waals surface area contributed by atoms with Gasteiger partial charge in [0.2, 0.25) is 0 Å². The quantitative estimate of drug-likeness (QED) is 0.769. The molecule has 0 unspecified atom stereocenters. The summed E-state index contributed by atoms with van der Waals surface area (Å²) in [6, 6.07) is 5.44. The van der Waals surface area contributed by atoms with E-state index in [1.807, 2.05) is 25.1 Å². The Kier molecular flexibility index (Phi) is 5.16. The maximum atomic E-state index is 11.8. The summed E-state index contributed by atoms with van der Waals surface area (Å²) >= 11 is 0. The summed E-state index contributed by atoms with van der Waals surface area (Å²) in [6.07, 6.45) is 0. The Bertz CT molecular complexity index is 416. The van der Waals surface area contributed by atoms with Crippen molar-refractivity contribution in [2.24, 2.45) is 0 Å². The molecule has 0 aliphatic carbocycles. The number of rotatable bonds is 4. The van der Waals surface area contributed by atoms with Crippen molar-refractivity contribution in [1.82, 2.24) is 5.32 Å². The number of benzene rings is 1. The van der Waals surface area contributed by atoms with Gasteiger partial charge in [-0.05, 0) is 30.9 Å². The van der Waals surface area contributed by atoms with Crippen LogP contribution in [0.5, 0.6) is 0 Å². The van der Waals surface area contributed by atoms with Crippen molar-refractivity contribution >= 4 is 11.7 Å². The minimum Gasteiger partial charge on any atom is -0.394 e. The molecule has 0 aliphatic rings. The Morgan fingerprint density at radius 1 is 1.33 bits per heavy atom. The average Bonchev–Trinajstić information content (AvgIpc) is 2.31.